The molecule has 2 aromatic rings. The van der Waals surface area contributed by atoms with Crippen LogP contribution in [0, 0.1) is 18.6 Å². The fourth-order valence-electron chi connectivity index (χ4n) is 4.38. The smallest absolute Gasteiger partial charge is 0.253 e. The lowest BCUT2D eigenvalue weighted by Crippen LogP contribution is -2.51. The second kappa shape index (κ2) is 16.3. The van der Waals surface area contributed by atoms with E-state index < -0.39 is 35.8 Å². The Labute approximate surface area is 230 Å². The number of aliphatic hydroxyl groups is 2. The molecule has 0 heterocycles. The number of nitrogens with one attached hydrogen (secondary N) is 1. The first-order valence-electron chi connectivity index (χ1n) is 13.7. The number of benzene rings is 2. The van der Waals surface area contributed by atoms with Gasteiger partial charge in [0.1, 0.15) is 23.8 Å². The van der Waals surface area contributed by atoms with E-state index in [-0.39, 0.29) is 30.1 Å². The van der Waals surface area contributed by atoms with E-state index in [2.05, 4.69) is 5.32 Å². The van der Waals surface area contributed by atoms with E-state index in [0.29, 0.717) is 30.8 Å². The quantitative estimate of drug-likeness (QED) is 0.270. The molecule has 0 unspecified atom stereocenters. The van der Waals surface area contributed by atoms with Crippen molar-refractivity contribution in [1.29, 1.82) is 0 Å². The Balaban J connectivity index is 2.31. The molecule has 216 valence electrons. The van der Waals surface area contributed by atoms with Crippen molar-refractivity contribution >= 4 is 11.8 Å². The van der Waals surface area contributed by atoms with Crippen molar-refractivity contribution in [3.8, 4) is 0 Å². The molecule has 0 aliphatic carbocycles. The number of hydrogen-bond donors (Lipinski definition) is 3. The summed E-state index contributed by atoms with van der Waals surface area (Å²) in [7, 11) is 0. The van der Waals surface area contributed by atoms with Crippen LogP contribution < -0.4 is 5.32 Å². The minimum Gasteiger partial charge on any atom is -0.388 e. The minimum atomic E-state index is -1.49. The van der Waals surface area contributed by atoms with E-state index in [9.17, 15) is 28.6 Å². The zero-order chi connectivity index (χ0) is 28.9. The van der Waals surface area contributed by atoms with E-state index in [1.54, 1.807) is 24.0 Å². The van der Waals surface area contributed by atoms with E-state index >= 15 is 0 Å². The first-order chi connectivity index (χ1) is 18.6. The molecule has 0 saturated carbocycles. The van der Waals surface area contributed by atoms with Gasteiger partial charge in [-0.3, -0.25) is 9.59 Å². The Bertz CT molecular complexity index is 1060. The monoisotopic (exact) mass is 548 g/mol. The Morgan fingerprint density at radius 1 is 0.923 bits per heavy atom. The second-order valence-corrected chi connectivity index (χ2v) is 9.93. The molecule has 3 N–H and O–H groups in total. The molecule has 9 heteroatoms. The van der Waals surface area contributed by atoms with Crippen LogP contribution >= 0.6 is 0 Å². The molecule has 0 saturated heterocycles. The van der Waals surface area contributed by atoms with Gasteiger partial charge < -0.3 is 25.2 Å². The van der Waals surface area contributed by atoms with Gasteiger partial charge in [-0.25, -0.2) is 8.78 Å². The predicted octanol–water partition coefficient (Wildman–Crippen LogP) is 4.42. The molecule has 0 fully saturated rings. The van der Waals surface area contributed by atoms with Crippen LogP contribution in [0.2, 0.25) is 0 Å². The van der Waals surface area contributed by atoms with Crippen LogP contribution in [0.4, 0.5) is 8.78 Å². The standard InChI is InChI=1S/C30H42F2N2O5/c1-5-8-11-39-19-27(35)28(36)26(16-21-14-24(31)18-25(32)15-21)33-29(37)22-12-20(4)13-23(17-22)30(38)34(9-6-2)10-7-3/h12-15,17-18,26-28,35-36H,5-11,16,19H2,1-4H3,(H,33,37)/t26-,27+,28+/m0/s1. The Morgan fingerprint density at radius 3 is 2.13 bits per heavy atom. The third-order valence-corrected chi connectivity index (χ3v) is 6.29. The van der Waals surface area contributed by atoms with Gasteiger partial charge in [-0.05, 0) is 74.1 Å². The molecule has 0 bridgehead atoms. The van der Waals surface area contributed by atoms with Crippen LogP contribution in [0.1, 0.15) is 78.3 Å². The number of unbranched alkanes of at least 4 members (excludes halogenated alkanes) is 1. The molecule has 3 atom stereocenters. The summed E-state index contributed by atoms with van der Waals surface area (Å²) in [4.78, 5) is 28.3. The number of aliphatic hydroxyl groups excluding tert-OH is 2. The summed E-state index contributed by atoms with van der Waals surface area (Å²) in [5.74, 6) is -2.36. The summed E-state index contributed by atoms with van der Waals surface area (Å²) in [5, 5.41) is 24.2. The predicted molar refractivity (Wildman–Crippen MR) is 147 cm³/mol. The number of rotatable bonds is 16. The lowest BCUT2D eigenvalue weighted by atomic mass is 9.96. The zero-order valence-corrected chi connectivity index (χ0v) is 23.4. The van der Waals surface area contributed by atoms with E-state index in [1.807, 2.05) is 20.8 Å². The van der Waals surface area contributed by atoms with Gasteiger partial charge in [0.05, 0.1) is 12.6 Å². The van der Waals surface area contributed by atoms with Gasteiger partial charge in [0.2, 0.25) is 0 Å². The van der Waals surface area contributed by atoms with Crippen LogP contribution in [0.15, 0.2) is 36.4 Å². The van der Waals surface area contributed by atoms with Crippen molar-refractivity contribution in [2.75, 3.05) is 26.3 Å². The van der Waals surface area contributed by atoms with Crippen molar-refractivity contribution in [2.24, 2.45) is 0 Å². The summed E-state index contributed by atoms with van der Waals surface area (Å²) in [6, 6.07) is 6.69. The van der Waals surface area contributed by atoms with Crippen molar-refractivity contribution in [3.05, 3.63) is 70.3 Å². The number of nitrogens with zero attached hydrogens (tertiary/aromatic N) is 1. The fraction of sp³-hybridized carbons (Fsp3) is 0.533. The highest BCUT2D eigenvalue weighted by molar-refractivity contribution is 6.00. The molecule has 0 aliphatic heterocycles. The summed E-state index contributed by atoms with van der Waals surface area (Å²) in [6.45, 7) is 9.18. The van der Waals surface area contributed by atoms with E-state index in [0.717, 1.165) is 43.9 Å². The molecule has 0 aromatic heterocycles. The largest absolute Gasteiger partial charge is 0.388 e. The fourth-order valence-corrected chi connectivity index (χ4v) is 4.38. The summed E-state index contributed by atoms with van der Waals surface area (Å²) in [6.07, 6.45) is 0.303. The molecule has 7 nitrogen and oxygen atoms in total. The number of carbonyl (C=O) groups excluding carboxylic acids is 2. The number of carbonyl (C=O) groups is 2. The highest BCUT2D eigenvalue weighted by Gasteiger charge is 2.29. The highest BCUT2D eigenvalue weighted by atomic mass is 19.1. The van der Waals surface area contributed by atoms with Gasteiger partial charge in [0, 0.05) is 36.9 Å². The maximum atomic E-state index is 13.8. The van der Waals surface area contributed by atoms with Crippen LogP contribution in [-0.4, -0.2) is 71.5 Å². The normalized spacial score (nSPS) is 13.5. The minimum absolute atomic E-state index is 0.147. The third kappa shape index (κ3) is 10.3. The maximum absolute atomic E-state index is 13.8. The Morgan fingerprint density at radius 2 is 1.54 bits per heavy atom. The molecule has 0 aliphatic rings. The number of hydrogen-bond acceptors (Lipinski definition) is 5. The van der Waals surface area contributed by atoms with Gasteiger partial charge in [0.25, 0.3) is 11.8 Å². The maximum Gasteiger partial charge on any atom is 0.253 e. The molecule has 2 aromatic carbocycles. The average molecular weight is 549 g/mol. The van der Waals surface area contributed by atoms with Crippen LogP contribution in [0.25, 0.3) is 0 Å². The van der Waals surface area contributed by atoms with Crippen molar-refractivity contribution in [3.63, 3.8) is 0 Å². The molecular weight excluding hydrogens is 506 g/mol. The van der Waals surface area contributed by atoms with Gasteiger partial charge in [0.15, 0.2) is 0 Å². The van der Waals surface area contributed by atoms with Gasteiger partial charge >= 0.3 is 0 Å². The SMILES string of the molecule is CCCCOC[C@@H](O)[C@H](O)[C@H](Cc1cc(F)cc(F)c1)NC(=O)c1cc(C)cc(C(=O)N(CCC)CCC)c1. The van der Waals surface area contributed by atoms with Crippen molar-refractivity contribution in [2.45, 2.75) is 78.0 Å². The number of amides is 2. The van der Waals surface area contributed by atoms with Gasteiger partial charge in [-0.15, -0.1) is 0 Å². The average Bonchev–Trinajstić information content (AvgIpc) is 2.88. The molecular formula is C30H42F2N2O5. The molecule has 2 rings (SSSR count). The van der Waals surface area contributed by atoms with E-state index in [1.165, 1.54) is 6.07 Å². The molecule has 0 radical (unpaired) electrons. The first kappa shape index (κ1) is 32.3. The summed E-state index contributed by atoms with van der Waals surface area (Å²) >= 11 is 0. The zero-order valence-electron chi connectivity index (χ0n) is 23.4. The van der Waals surface area contributed by atoms with Crippen molar-refractivity contribution in [1.82, 2.24) is 10.2 Å². The van der Waals surface area contributed by atoms with Gasteiger partial charge in [-0.2, -0.15) is 0 Å². The molecule has 2 amide bonds. The highest BCUT2D eigenvalue weighted by Crippen LogP contribution is 2.17. The van der Waals surface area contributed by atoms with Crippen LogP contribution in [0.3, 0.4) is 0 Å². The second-order valence-electron chi connectivity index (χ2n) is 9.93. The molecule has 39 heavy (non-hydrogen) atoms. The first-order valence-corrected chi connectivity index (χ1v) is 13.7. The number of halogens is 2. The van der Waals surface area contributed by atoms with Crippen LogP contribution in [0.5, 0.6) is 0 Å². The summed E-state index contributed by atoms with van der Waals surface area (Å²) < 4.78 is 33.1. The number of aryl methyl sites for hydroxylation is 1. The lowest BCUT2D eigenvalue weighted by molar-refractivity contribution is -0.0510. The Hall–Kier alpha value is -2.88. The van der Waals surface area contributed by atoms with Crippen molar-refractivity contribution < 1.29 is 33.3 Å². The Kier molecular flexibility index (Phi) is 13.5. The number of ether oxygens (including phenoxy) is 1. The lowest BCUT2D eigenvalue weighted by Gasteiger charge is -2.28. The third-order valence-electron chi connectivity index (χ3n) is 6.29. The topological polar surface area (TPSA) is 99.1 Å². The van der Waals surface area contributed by atoms with E-state index in [4.69, 9.17) is 4.74 Å². The van der Waals surface area contributed by atoms with Crippen LogP contribution in [-0.2, 0) is 11.2 Å². The molecule has 0 spiro atoms. The summed E-state index contributed by atoms with van der Waals surface area (Å²) in [5.41, 5.74) is 1.47. The van der Waals surface area contributed by atoms with Gasteiger partial charge in [-0.1, -0.05) is 27.2 Å².